The number of carbonyl (C=O) groups is 1. The van der Waals surface area contributed by atoms with E-state index in [-0.39, 0.29) is 16.0 Å². The van der Waals surface area contributed by atoms with Gasteiger partial charge in [-0.3, -0.25) is 4.79 Å². The first-order valence-electron chi connectivity index (χ1n) is 8.87. The highest BCUT2D eigenvalue weighted by atomic mass is 32.2. The number of amides is 1. The summed E-state index contributed by atoms with van der Waals surface area (Å²) in [6, 6.07) is 6.06. The number of carbonyl (C=O) groups excluding carboxylic acids is 1. The number of aromatic nitrogens is 2. The van der Waals surface area contributed by atoms with Gasteiger partial charge in [0.05, 0.1) is 5.69 Å². The Bertz CT molecular complexity index is 944. The summed E-state index contributed by atoms with van der Waals surface area (Å²) < 4.78 is 27.8. The molecule has 0 saturated carbocycles. The van der Waals surface area contributed by atoms with E-state index in [9.17, 15) is 13.2 Å². The van der Waals surface area contributed by atoms with Crippen molar-refractivity contribution in [2.45, 2.75) is 42.2 Å². The maximum absolute atomic E-state index is 12.8. The van der Waals surface area contributed by atoms with Gasteiger partial charge in [0.15, 0.2) is 14.0 Å². The molecule has 8 heteroatoms. The van der Waals surface area contributed by atoms with Crippen LogP contribution in [0.15, 0.2) is 22.4 Å². The molecule has 0 unspecified atom stereocenters. The lowest BCUT2D eigenvalue weighted by Crippen LogP contribution is -2.38. The van der Waals surface area contributed by atoms with Gasteiger partial charge in [-0.1, -0.05) is 10.6 Å². The number of benzene rings is 1. The van der Waals surface area contributed by atoms with Crippen LogP contribution >= 0.6 is 11.5 Å². The lowest BCUT2D eigenvalue weighted by Gasteiger charge is -2.31. The molecule has 26 heavy (non-hydrogen) atoms. The Kier molecular flexibility index (Phi) is 4.56. The Morgan fingerprint density at radius 1 is 1.19 bits per heavy atom. The molecule has 1 aromatic carbocycles. The van der Waals surface area contributed by atoms with E-state index in [0.29, 0.717) is 31.6 Å². The van der Waals surface area contributed by atoms with Gasteiger partial charge >= 0.3 is 0 Å². The fourth-order valence-corrected chi connectivity index (χ4v) is 5.67. The van der Waals surface area contributed by atoms with Crippen molar-refractivity contribution < 1.29 is 13.2 Å². The van der Waals surface area contributed by atoms with Gasteiger partial charge in [-0.05, 0) is 55.4 Å². The van der Waals surface area contributed by atoms with Gasteiger partial charge in [0.2, 0.25) is 0 Å². The predicted molar refractivity (Wildman–Crippen MR) is 99.4 cm³/mol. The van der Waals surface area contributed by atoms with Crippen LogP contribution in [0.25, 0.3) is 0 Å². The molecule has 0 bridgehead atoms. The summed E-state index contributed by atoms with van der Waals surface area (Å²) >= 11 is 0.936. The predicted octanol–water partition coefficient (Wildman–Crippen LogP) is 2.45. The second-order valence-electron chi connectivity index (χ2n) is 7.12. The van der Waals surface area contributed by atoms with Crippen molar-refractivity contribution in [1.82, 2.24) is 14.5 Å². The highest BCUT2D eigenvalue weighted by molar-refractivity contribution is 7.92. The molecule has 0 spiro atoms. The summed E-state index contributed by atoms with van der Waals surface area (Å²) in [7, 11) is -3.31. The largest absolute Gasteiger partial charge is 0.339 e. The molecule has 1 saturated heterocycles. The standard InChI is InChI=1S/C18H21N3O3S2/c1-26(23,24)18-16(19-20-25-18)13-7-9-21(10-8-13)17(22)15-6-5-12-3-2-4-14(12)11-15/h5-6,11,13H,2-4,7-10H2,1H3. The summed E-state index contributed by atoms with van der Waals surface area (Å²) in [4.78, 5) is 14.7. The SMILES string of the molecule is CS(=O)(=O)c1snnc1C1CCN(C(=O)c2ccc3c(c2)CCC3)CC1. The normalized spacial score (nSPS) is 18.1. The van der Waals surface area contributed by atoms with Crippen LogP contribution in [0.1, 0.15) is 52.4 Å². The van der Waals surface area contributed by atoms with Gasteiger partial charge in [0, 0.05) is 42.4 Å². The van der Waals surface area contributed by atoms with Crippen LogP contribution < -0.4 is 0 Å². The molecule has 1 aliphatic carbocycles. The average molecular weight is 392 g/mol. The molecule has 0 N–H and O–H groups in total. The van der Waals surface area contributed by atoms with E-state index >= 15 is 0 Å². The van der Waals surface area contributed by atoms with Crippen molar-refractivity contribution in [2.75, 3.05) is 19.3 Å². The molecule has 1 fully saturated rings. The molecule has 1 amide bonds. The molecule has 2 aliphatic rings. The van der Waals surface area contributed by atoms with Crippen LogP contribution in [-0.4, -0.2) is 48.2 Å². The quantitative estimate of drug-likeness (QED) is 0.803. The molecule has 1 aliphatic heterocycles. The molecule has 2 aromatic rings. The maximum Gasteiger partial charge on any atom is 0.253 e. The Hall–Kier alpha value is -1.80. The van der Waals surface area contributed by atoms with E-state index in [1.165, 1.54) is 23.8 Å². The minimum Gasteiger partial charge on any atom is -0.339 e. The number of fused-ring (bicyclic) bond motifs is 1. The summed E-state index contributed by atoms with van der Waals surface area (Å²) in [6.45, 7) is 1.22. The molecule has 1 aromatic heterocycles. The number of rotatable bonds is 3. The second kappa shape index (κ2) is 6.74. The second-order valence-corrected chi connectivity index (χ2v) is 10.1. The fraction of sp³-hybridized carbons (Fsp3) is 0.500. The number of likely N-dealkylation sites (tertiary alicyclic amines) is 1. The minimum atomic E-state index is -3.31. The first kappa shape index (κ1) is 17.6. The van der Waals surface area contributed by atoms with E-state index < -0.39 is 9.84 Å². The van der Waals surface area contributed by atoms with Crippen molar-refractivity contribution in [3.05, 3.63) is 40.6 Å². The number of hydrogen-bond acceptors (Lipinski definition) is 6. The Balaban J connectivity index is 1.45. The van der Waals surface area contributed by atoms with Gasteiger partial charge in [0.1, 0.15) is 0 Å². The van der Waals surface area contributed by atoms with E-state index in [1.807, 2.05) is 17.0 Å². The van der Waals surface area contributed by atoms with Crippen molar-refractivity contribution in [2.24, 2.45) is 0 Å². The Morgan fingerprint density at radius 3 is 2.65 bits per heavy atom. The van der Waals surface area contributed by atoms with Gasteiger partial charge in [-0.25, -0.2) is 8.42 Å². The zero-order valence-electron chi connectivity index (χ0n) is 14.6. The van der Waals surface area contributed by atoms with Crippen LogP contribution in [0.3, 0.4) is 0 Å². The van der Waals surface area contributed by atoms with Crippen molar-refractivity contribution in [1.29, 1.82) is 0 Å². The Morgan fingerprint density at radius 2 is 1.92 bits per heavy atom. The third-order valence-corrected chi connectivity index (χ3v) is 7.89. The first-order valence-corrected chi connectivity index (χ1v) is 11.5. The van der Waals surface area contributed by atoms with Crippen molar-refractivity contribution in [3.63, 3.8) is 0 Å². The minimum absolute atomic E-state index is 0.0440. The molecular formula is C18H21N3O3S2. The lowest BCUT2D eigenvalue weighted by atomic mass is 9.93. The summed E-state index contributed by atoms with van der Waals surface area (Å²) in [6.07, 6.45) is 5.96. The highest BCUT2D eigenvalue weighted by Crippen LogP contribution is 2.33. The zero-order valence-corrected chi connectivity index (χ0v) is 16.3. The van der Waals surface area contributed by atoms with Crippen LogP contribution in [0, 0.1) is 0 Å². The molecular weight excluding hydrogens is 370 g/mol. The number of piperidine rings is 1. The van der Waals surface area contributed by atoms with Gasteiger partial charge < -0.3 is 4.90 Å². The number of sulfone groups is 1. The van der Waals surface area contributed by atoms with E-state index in [4.69, 9.17) is 0 Å². The van der Waals surface area contributed by atoms with Crippen LogP contribution in [0.4, 0.5) is 0 Å². The molecule has 2 heterocycles. The molecule has 4 rings (SSSR count). The smallest absolute Gasteiger partial charge is 0.253 e. The van der Waals surface area contributed by atoms with E-state index in [2.05, 4.69) is 15.7 Å². The third-order valence-electron chi connectivity index (χ3n) is 5.33. The molecule has 0 atom stereocenters. The van der Waals surface area contributed by atoms with Crippen LogP contribution in [-0.2, 0) is 22.7 Å². The van der Waals surface area contributed by atoms with Gasteiger partial charge in [-0.15, -0.1) is 5.10 Å². The maximum atomic E-state index is 12.8. The zero-order chi connectivity index (χ0) is 18.3. The van der Waals surface area contributed by atoms with Crippen LogP contribution in [0.2, 0.25) is 0 Å². The monoisotopic (exact) mass is 391 g/mol. The summed E-state index contributed by atoms with van der Waals surface area (Å²) in [5.41, 5.74) is 4.00. The lowest BCUT2D eigenvalue weighted by molar-refractivity contribution is 0.0711. The molecule has 6 nitrogen and oxygen atoms in total. The van der Waals surface area contributed by atoms with E-state index in [0.717, 1.165) is 29.9 Å². The average Bonchev–Trinajstić information content (AvgIpc) is 3.29. The van der Waals surface area contributed by atoms with Crippen molar-refractivity contribution in [3.8, 4) is 0 Å². The van der Waals surface area contributed by atoms with Gasteiger partial charge in [-0.2, -0.15) is 0 Å². The topological polar surface area (TPSA) is 80.2 Å². The van der Waals surface area contributed by atoms with Crippen LogP contribution in [0.5, 0.6) is 0 Å². The van der Waals surface area contributed by atoms with Gasteiger partial charge in [0.25, 0.3) is 5.91 Å². The number of aryl methyl sites for hydroxylation is 2. The number of hydrogen-bond donors (Lipinski definition) is 0. The van der Waals surface area contributed by atoms with E-state index in [1.54, 1.807) is 0 Å². The summed E-state index contributed by atoms with van der Waals surface area (Å²) in [5.74, 6) is 0.112. The highest BCUT2D eigenvalue weighted by Gasteiger charge is 2.30. The first-order chi connectivity index (χ1) is 12.4. The Labute approximate surface area is 157 Å². The third kappa shape index (κ3) is 3.27. The van der Waals surface area contributed by atoms with Crippen molar-refractivity contribution >= 4 is 27.3 Å². The number of nitrogens with zero attached hydrogens (tertiary/aromatic N) is 3. The molecule has 138 valence electrons. The summed E-state index contributed by atoms with van der Waals surface area (Å²) in [5, 5.41) is 4.06. The molecule has 0 radical (unpaired) electrons. The fourth-order valence-electron chi connectivity index (χ4n) is 3.94.